The molecule has 1 N–H and O–H groups in total. The van der Waals surface area contributed by atoms with Crippen molar-refractivity contribution in [2.45, 2.75) is 20.4 Å². The maximum atomic E-state index is 13.5. The number of esters is 2. The van der Waals surface area contributed by atoms with Crippen LogP contribution < -0.4 is 5.32 Å². The van der Waals surface area contributed by atoms with Gasteiger partial charge in [-0.25, -0.2) is 14.6 Å². The van der Waals surface area contributed by atoms with Crippen LogP contribution in [0, 0.1) is 6.92 Å². The molecule has 9 heteroatoms. The third-order valence-electron chi connectivity index (χ3n) is 5.67. The van der Waals surface area contributed by atoms with Gasteiger partial charge in [0.25, 0.3) is 5.91 Å². The molecule has 9 nitrogen and oxygen atoms in total. The van der Waals surface area contributed by atoms with Crippen molar-refractivity contribution >= 4 is 34.4 Å². The Kier molecular flexibility index (Phi) is 6.59. The number of hydrogen-bond acceptors (Lipinski definition) is 7. The highest BCUT2D eigenvalue weighted by atomic mass is 16.5. The van der Waals surface area contributed by atoms with E-state index in [1.54, 1.807) is 12.3 Å². The van der Waals surface area contributed by atoms with Gasteiger partial charge in [-0.05, 0) is 44.2 Å². The lowest BCUT2D eigenvalue weighted by Gasteiger charge is -2.12. The first kappa shape index (κ1) is 23.6. The van der Waals surface area contributed by atoms with Crippen LogP contribution in [0.25, 0.3) is 22.2 Å². The van der Waals surface area contributed by atoms with Gasteiger partial charge in [0.05, 0.1) is 48.3 Å². The number of para-hydroxylation sites is 1. The fourth-order valence-corrected chi connectivity index (χ4v) is 3.89. The summed E-state index contributed by atoms with van der Waals surface area (Å²) in [4.78, 5) is 42.4. The van der Waals surface area contributed by atoms with Crippen molar-refractivity contribution in [3.8, 4) is 11.3 Å². The summed E-state index contributed by atoms with van der Waals surface area (Å²) in [5.41, 5.74) is 3.87. The summed E-state index contributed by atoms with van der Waals surface area (Å²) in [5.74, 6) is -1.72. The Morgan fingerprint density at radius 3 is 2.23 bits per heavy atom. The number of aryl methyl sites for hydroxylation is 1. The number of carbonyl (C=O) groups is 3. The lowest BCUT2D eigenvalue weighted by Crippen LogP contribution is -2.15. The Morgan fingerprint density at radius 2 is 1.63 bits per heavy atom. The predicted molar refractivity (Wildman–Crippen MR) is 130 cm³/mol. The van der Waals surface area contributed by atoms with E-state index < -0.39 is 17.8 Å². The zero-order valence-corrected chi connectivity index (χ0v) is 19.8. The average molecular weight is 473 g/mol. The van der Waals surface area contributed by atoms with E-state index in [2.05, 4.69) is 10.4 Å². The van der Waals surface area contributed by atoms with E-state index >= 15 is 0 Å². The fraction of sp³-hybridized carbons (Fsp3) is 0.192. The van der Waals surface area contributed by atoms with Gasteiger partial charge in [-0.2, -0.15) is 5.10 Å². The summed E-state index contributed by atoms with van der Waals surface area (Å²) in [5, 5.41) is 7.84. The lowest BCUT2D eigenvalue weighted by atomic mass is 10.0. The van der Waals surface area contributed by atoms with Crippen LogP contribution in [-0.4, -0.2) is 46.8 Å². The Balaban J connectivity index is 1.80. The average Bonchev–Trinajstić information content (AvgIpc) is 3.26. The van der Waals surface area contributed by atoms with Crippen LogP contribution in [0.2, 0.25) is 0 Å². The Labute approximate surface area is 201 Å². The number of rotatable bonds is 6. The number of benzene rings is 2. The molecule has 0 fully saturated rings. The second-order valence-corrected chi connectivity index (χ2v) is 7.77. The van der Waals surface area contributed by atoms with Gasteiger partial charge in [-0.15, -0.1) is 0 Å². The van der Waals surface area contributed by atoms with E-state index in [9.17, 15) is 14.4 Å². The monoisotopic (exact) mass is 472 g/mol. The minimum Gasteiger partial charge on any atom is -0.465 e. The van der Waals surface area contributed by atoms with Gasteiger partial charge >= 0.3 is 11.9 Å². The van der Waals surface area contributed by atoms with Crippen molar-refractivity contribution in [2.24, 2.45) is 0 Å². The maximum Gasteiger partial charge on any atom is 0.337 e. The van der Waals surface area contributed by atoms with E-state index in [1.165, 1.54) is 32.4 Å². The number of nitrogens with one attached hydrogen (secondary N) is 1. The van der Waals surface area contributed by atoms with Gasteiger partial charge in [-0.3, -0.25) is 9.48 Å². The van der Waals surface area contributed by atoms with Crippen molar-refractivity contribution in [1.82, 2.24) is 14.8 Å². The van der Waals surface area contributed by atoms with E-state index in [-0.39, 0.29) is 16.8 Å². The molecule has 2 aromatic heterocycles. The number of aromatic nitrogens is 3. The van der Waals surface area contributed by atoms with Gasteiger partial charge in [0.1, 0.15) is 0 Å². The van der Waals surface area contributed by atoms with Crippen LogP contribution in [0.5, 0.6) is 0 Å². The van der Waals surface area contributed by atoms with Gasteiger partial charge in [0.2, 0.25) is 0 Å². The summed E-state index contributed by atoms with van der Waals surface area (Å²) >= 11 is 0. The third-order valence-corrected chi connectivity index (χ3v) is 5.67. The van der Waals surface area contributed by atoms with E-state index in [4.69, 9.17) is 14.5 Å². The molecule has 35 heavy (non-hydrogen) atoms. The van der Waals surface area contributed by atoms with Crippen LogP contribution in [0.3, 0.4) is 0 Å². The molecule has 0 aliphatic rings. The standard InChI is InChI=1S/C26H24N4O5/c1-5-30-15(2)21(14-27-30)23-13-20(19-8-6-7-9-22(19)29-23)24(31)28-18-11-16(25(32)34-3)10-17(12-18)26(33)35-4/h6-14H,5H2,1-4H3,(H,28,31). The van der Waals surface area contributed by atoms with Crippen LogP contribution in [-0.2, 0) is 16.0 Å². The first-order valence-corrected chi connectivity index (χ1v) is 10.9. The summed E-state index contributed by atoms with van der Waals surface area (Å²) < 4.78 is 11.4. The molecule has 0 bridgehead atoms. The summed E-state index contributed by atoms with van der Waals surface area (Å²) in [6, 6.07) is 13.3. The van der Waals surface area contributed by atoms with Crippen molar-refractivity contribution in [3.63, 3.8) is 0 Å². The number of nitrogens with zero attached hydrogens (tertiary/aromatic N) is 3. The topological polar surface area (TPSA) is 112 Å². The Bertz CT molecular complexity index is 1420. The third kappa shape index (κ3) is 4.61. The largest absolute Gasteiger partial charge is 0.465 e. The fourth-order valence-electron chi connectivity index (χ4n) is 3.89. The number of fused-ring (bicyclic) bond motifs is 1. The molecule has 0 spiro atoms. The molecular weight excluding hydrogens is 448 g/mol. The molecule has 0 aliphatic carbocycles. The molecule has 4 aromatic rings. The number of methoxy groups -OCH3 is 2. The minimum absolute atomic E-state index is 0.105. The molecule has 0 saturated carbocycles. The van der Waals surface area contributed by atoms with Crippen LogP contribution in [0.15, 0.2) is 54.7 Å². The molecular formula is C26H24N4O5. The minimum atomic E-state index is -0.647. The van der Waals surface area contributed by atoms with E-state index in [0.717, 1.165) is 11.3 Å². The number of amides is 1. The highest BCUT2D eigenvalue weighted by molar-refractivity contribution is 6.13. The van der Waals surface area contributed by atoms with E-state index in [0.29, 0.717) is 28.7 Å². The molecule has 178 valence electrons. The SMILES string of the molecule is CCn1ncc(-c2cc(C(=O)Nc3cc(C(=O)OC)cc(C(=O)OC)c3)c3ccccc3n2)c1C. The molecule has 1 amide bonds. The maximum absolute atomic E-state index is 13.5. The normalized spacial score (nSPS) is 10.7. The zero-order chi connectivity index (χ0) is 25.1. The van der Waals surface area contributed by atoms with Crippen LogP contribution in [0.4, 0.5) is 5.69 Å². The molecule has 2 heterocycles. The number of carbonyl (C=O) groups excluding carboxylic acids is 3. The van der Waals surface area contributed by atoms with Gasteiger partial charge < -0.3 is 14.8 Å². The molecule has 0 aliphatic heterocycles. The molecule has 0 radical (unpaired) electrons. The highest BCUT2D eigenvalue weighted by Crippen LogP contribution is 2.28. The number of hydrogen-bond donors (Lipinski definition) is 1. The van der Waals surface area contributed by atoms with Gasteiger partial charge in [-0.1, -0.05) is 18.2 Å². The summed E-state index contributed by atoms with van der Waals surface area (Å²) in [7, 11) is 2.47. The molecule has 0 saturated heterocycles. The quantitative estimate of drug-likeness (QED) is 0.417. The molecule has 4 rings (SSSR count). The smallest absolute Gasteiger partial charge is 0.337 e. The van der Waals surface area contributed by atoms with Crippen molar-refractivity contribution in [1.29, 1.82) is 0 Å². The highest BCUT2D eigenvalue weighted by Gasteiger charge is 2.19. The van der Waals surface area contributed by atoms with Gasteiger partial charge in [0.15, 0.2) is 0 Å². The van der Waals surface area contributed by atoms with Gasteiger partial charge in [0, 0.05) is 28.9 Å². The second kappa shape index (κ2) is 9.76. The Hall–Kier alpha value is -4.53. The molecule has 0 unspecified atom stereocenters. The van der Waals surface area contributed by atoms with Crippen molar-refractivity contribution < 1.29 is 23.9 Å². The first-order valence-electron chi connectivity index (χ1n) is 10.9. The number of ether oxygens (including phenoxy) is 2. The summed E-state index contributed by atoms with van der Waals surface area (Å²) in [6.07, 6.45) is 1.74. The number of anilines is 1. The van der Waals surface area contributed by atoms with Crippen molar-refractivity contribution in [2.75, 3.05) is 19.5 Å². The summed E-state index contributed by atoms with van der Waals surface area (Å²) in [6.45, 7) is 4.67. The molecule has 2 aromatic carbocycles. The van der Waals surface area contributed by atoms with E-state index in [1.807, 2.05) is 42.8 Å². The first-order chi connectivity index (χ1) is 16.9. The van der Waals surface area contributed by atoms with Crippen LogP contribution >= 0.6 is 0 Å². The molecule has 0 atom stereocenters. The lowest BCUT2D eigenvalue weighted by molar-refractivity contribution is 0.0599. The predicted octanol–water partition coefficient (Wildman–Crippen LogP) is 4.25. The second-order valence-electron chi connectivity index (χ2n) is 7.77. The van der Waals surface area contributed by atoms with Crippen LogP contribution in [0.1, 0.15) is 43.7 Å². The Morgan fingerprint density at radius 1 is 0.971 bits per heavy atom. The zero-order valence-electron chi connectivity index (χ0n) is 19.8. The number of pyridine rings is 1. The van der Waals surface area contributed by atoms with Crippen molar-refractivity contribution in [3.05, 3.63) is 77.1 Å².